The lowest BCUT2D eigenvalue weighted by Crippen LogP contribution is -2.37. The van der Waals surface area contributed by atoms with Gasteiger partial charge in [-0.25, -0.2) is 0 Å². The second-order valence-electron chi connectivity index (χ2n) is 6.66. The molecule has 0 aliphatic carbocycles. The Hall–Kier alpha value is -2.16. The van der Waals surface area contributed by atoms with Crippen LogP contribution in [0.3, 0.4) is 0 Å². The minimum Gasteiger partial charge on any atom is -0.356 e. The smallest absolute Gasteiger partial charge is 0.222 e. The van der Waals surface area contributed by atoms with E-state index < -0.39 is 0 Å². The molecule has 2 N–H and O–H groups in total. The number of aliphatic imine (C=N–C) groups is 1. The van der Waals surface area contributed by atoms with Crippen LogP contribution in [0, 0.1) is 0 Å². The number of carbonyl (C=O) groups excluding carboxylic acids is 1. The summed E-state index contributed by atoms with van der Waals surface area (Å²) >= 11 is 0. The third-order valence-corrected chi connectivity index (χ3v) is 4.65. The largest absolute Gasteiger partial charge is 0.356 e. The fourth-order valence-corrected chi connectivity index (χ4v) is 3.12. The molecular formula is C21H28IN5O. The van der Waals surface area contributed by atoms with Crippen molar-refractivity contribution in [1.29, 1.82) is 0 Å². The third-order valence-electron chi connectivity index (χ3n) is 4.65. The summed E-state index contributed by atoms with van der Waals surface area (Å²) in [5.74, 6) is 1.04. The van der Waals surface area contributed by atoms with Crippen LogP contribution >= 0.6 is 24.0 Å². The zero-order valence-corrected chi connectivity index (χ0v) is 18.6. The van der Waals surface area contributed by atoms with E-state index in [4.69, 9.17) is 0 Å². The van der Waals surface area contributed by atoms with E-state index in [1.807, 2.05) is 29.3 Å². The Balaban J connectivity index is 0.00000280. The Morgan fingerprint density at radius 2 is 1.93 bits per heavy atom. The fraction of sp³-hybridized carbons (Fsp3) is 0.381. The second-order valence-corrected chi connectivity index (χ2v) is 6.66. The van der Waals surface area contributed by atoms with Crippen molar-refractivity contribution in [3.8, 4) is 0 Å². The van der Waals surface area contributed by atoms with Crippen molar-refractivity contribution in [3.05, 3.63) is 65.5 Å². The normalized spacial score (nSPS) is 14.0. The van der Waals surface area contributed by atoms with Crippen molar-refractivity contribution in [2.75, 3.05) is 20.1 Å². The summed E-state index contributed by atoms with van der Waals surface area (Å²) in [6.45, 7) is 3.07. The van der Waals surface area contributed by atoms with E-state index in [1.54, 1.807) is 7.05 Å². The highest BCUT2D eigenvalue weighted by Gasteiger charge is 2.19. The van der Waals surface area contributed by atoms with Gasteiger partial charge in [-0.3, -0.25) is 14.8 Å². The molecule has 28 heavy (non-hydrogen) atoms. The van der Waals surface area contributed by atoms with Crippen LogP contribution in [0.15, 0.2) is 53.7 Å². The molecule has 0 unspecified atom stereocenters. The number of pyridine rings is 1. The lowest BCUT2D eigenvalue weighted by molar-refractivity contribution is -0.128. The number of hydrogen-bond donors (Lipinski definition) is 2. The van der Waals surface area contributed by atoms with E-state index in [1.165, 1.54) is 11.1 Å². The monoisotopic (exact) mass is 493 g/mol. The molecule has 7 heteroatoms. The van der Waals surface area contributed by atoms with Gasteiger partial charge in [0.05, 0.1) is 0 Å². The van der Waals surface area contributed by atoms with Crippen LogP contribution in [0.25, 0.3) is 0 Å². The lowest BCUT2D eigenvalue weighted by Gasteiger charge is -2.16. The van der Waals surface area contributed by atoms with E-state index in [-0.39, 0.29) is 29.9 Å². The van der Waals surface area contributed by atoms with Crippen LogP contribution < -0.4 is 10.6 Å². The van der Waals surface area contributed by atoms with E-state index >= 15 is 0 Å². The number of carbonyl (C=O) groups is 1. The summed E-state index contributed by atoms with van der Waals surface area (Å²) in [5.41, 5.74) is 3.42. The first-order valence-corrected chi connectivity index (χ1v) is 9.44. The Morgan fingerprint density at radius 1 is 1.14 bits per heavy atom. The van der Waals surface area contributed by atoms with Gasteiger partial charge in [-0.15, -0.1) is 24.0 Å². The molecule has 3 rings (SSSR count). The quantitative estimate of drug-likeness (QED) is 0.354. The summed E-state index contributed by atoms with van der Waals surface area (Å²) in [6.07, 6.45) is 4.33. The number of hydrogen-bond acceptors (Lipinski definition) is 3. The maximum atomic E-state index is 11.7. The topological polar surface area (TPSA) is 69.6 Å². The van der Waals surface area contributed by atoms with Gasteiger partial charge in [0.15, 0.2) is 5.96 Å². The molecule has 150 valence electrons. The first-order chi connectivity index (χ1) is 13.2. The third kappa shape index (κ3) is 6.78. The highest BCUT2D eigenvalue weighted by atomic mass is 127. The summed E-state index contributed by atoms with van der Waals surface area (Å²) in [6, 6.07) is 14.3. The average molecular weight is 493 g/mol. The molecule has 1 aliphatic heterocycles. The number of aromatic nitrogens is 1. The summed E-state index contributed by atoms with van der Waals surface area (Å²) in [7, 11) is 1.77. The number of amides is 1. The predicted molar refractivity (Wildman–Crippen MR) is 123 cm³/mol. The highest BCUT2D eigenvalue weighted by Crippen LogP contribution is 2.14. The maximum Gasteiger partial charge on any atom is 0.222 e. The highest BCUT2D eigenvalue weighted by molar-refractivity contribution is 14.0. The summed E-state index contributed by atoms with van der Waals surface area (Å²) in [4.78, 5) is 22.2. The van der Waals surface area contributed by atoms with Gasteiger partial charge in [-0.1, -0.05) is 30.3 Å². The van der Waals surface area contributed by atoms with Gasteiger partial charge >= 0.3 is 0 Å². The minimum atomic E-state index is 0. The Morgan fingerprint density at radius 3 is 2.57 bits per heavy atom. The van der Waals surface area contributed by atoms with Crippen molar-refractivity contribution in [3.63, 3.8) is 0 Å². The Bertz CT molecular complexity index is 764. The molecule has 6 nitrogen and oxygen atoms in total. The van der Waals surface area contributed by atoms with Crippen molar-refractivity contribution in [2.45, 2.75) is 32.4 Å². The standard InChI is InChI=1S/C21H27N5O.HI/c1-22-21(24-13-11-19-5-2-3-12-23-19)25-15-17-7-9-18(10-8-17)16-26-14-4-6-20(26)27;/h2-3,5,7-10,12H,4,6,11,13-16H2,1H3,(H2,22,24,25);1H. The molecule has 1 aliphatic rings. The van der Waals surface area contributed by atoms with Gasteiger partial charge in [0.2, 0.25) is 5.91 Å². The van der Waals surface area contributed by atoms with Crippen LogP contribution in [-0.4, -0.2) is 41.9 Å². The molecule has 0 atom stereocenters. The lowest BCUT2D eigenvalue weighted by atomic mass is 10.1. The predicted octanol–water partition coefficient (Wildman–Crippen LogP) is 2.73. The second kappa shape index (κ2) is 11.6. The van der Waals surface area contributed by atoms with Gasteiger partial charge in [0, 0.05) is 58.0 Å². The van der Waals surface area contributed by atoms with Gasteiger partial charge < -0.3 is 15.5 Å². The molecular weight excluding hydrogens is 465 g/mol. The summed E-state index contributed by atoms with van der Waals surface area (Å²) in [5, 5.41) is 6.63. The number of nitrogens with zero attached hydrogens (tertiary/aromatic N) is 3. The zero-order valence-electron chi connectivity index (χ0n) is 16.2. The van der Waals surface area contributed by atoms with Crippen LogP contribution in [0.2, 0.25) is 0 Å². The minimum absolute atomic E-state index is 0. The van der Waals surface area contributed by atoms with Gasteiger partial charge in [0.25, 0.3) is 0 Å². The maximum absolute atomic E-state index is 11.7. The van der Waals surface area contributed by atoms with Crippen LogP contribution in [0.5, 0.6) is 0 Å². The van der Waals surface area contributed by atoms with Crippen molar-refractivity contribution >= 4 is 35.8 Å². The van der Waals surface area contributed by atoms with Crippen LogP contribution in [0.1, 0.15) is 29.7 Å². The van der Waals surface area contributed by atoms with E-state index in [2.05, 4.69) is 44.9 Å². The average Bonchev–Trinajstić information content (AvgIpc) is 3.11. The molecule has 2 heterocycles. The SMILES string of the molecule is CN=C(NCCc1ccccn1)NCc1ccc(CN2CCCC2=O)cc1.I. The molecule has 2 aromatic rings. The Kier molecular flexibility index (Phi) is 9.19. The fourth-order valence-electron chi connectivity index (χ4n) is 3.12. The first kappa shape index (κ1) is 22.1. The number of nitrogens with one attached hydrogen (secondary N) is 2. The molecule has 0 saturated carbocycles. The van der Waals surface area contributed by atoms with E-state index in [9.17, 15) is 4.79 Å². The molecule has 1 amide bonds. The first-order valence-electron chi connectivity index (χ1n) is 9.44. The molecule has 0 bridgehead atoms. The number of likely N-dealkylation sites (tertiary alicyclic amines) is 1. The number of benzene rings is 1. The van der Waals surface area contributed by atoms with Gasteiger partial charge in [0.1, 0.15) is 0 Å². The zero-order chi connectivity index (χ0) is 18.9. The van der Waals surface area contributed by atoms with Crippen molar-refractivity contribution in [2.24, 2.45) is 4.99 Å². The van der Waals surface area contributed by atoms with Crippen molar-refractivity contribution in [1.82, 2.24) is 20.5 Å². The number of rotatable bonds is 7. The number of guanidine groups is 1. The molecule has 0 spiro atoms. The molecule has 1 aromatic carbocycles. The molecule has 1 aromatic heterocycles. The van der Waals surface area contributed by atoms with E-state index in [0.717, 1.165) is 37.6 Å². The van der Waals surface area contributed by atoms with Crippen LogP contribution in [0.4, 0.5) is 0 Å². The number of halogens is 1. The van der Waals surface area contributed by atoms with Crippen LogP contribution in [-0.2, 0) is 24.3 Å². The van der Waals surface area contributed by atoms with Gasteiger partial charge in [-0.05, 0) is 29.7 Å². The Labute approximate surface area is 183 Å². The van der Waals surface area contributed by atoms with Gasteiger partial charge in [-0.2, -0.15) is 0 Å². The molecule has 0 radical (unpaired) electrons. The summed E-state index contributed by atoms with van der Waals surface area (Å²) < 4.78 is 0. The molecule has 1 fully saturated rings. The molecule has 1 saturated heterocycles. The van der Waals surface area contributed by atoms with Crippen molar-refractivity contribution < 1.29 is 4.79 Å². The van der Waals surface area contributed by atoms with E-state index in [0.29, 0.717) is 19.5 Å².